The van der Waals surface area contributed by atoms with Crippen LogP contribution in [0.2, 0.25) is 0 Å². The van der Waals surface area contributed by atoms with E-state index in [-0.39, 0.29) is 18.4 Å². The Morgan fingerprint density at radius 1 is 0.810 bits per heavy atom. The number of carbonyl (C=O) groups excluding carboxylic acids is 2. The van der Waals surface area contributed by atoms with Crippen LogP contribution >= 0.6 is 0 Å². The molecule has 1 rings (SSSR count). The molecule has 0 spiro atoms. The number of nitrogens with zero attached hydrogens (tertiary/aromatic N) is 1. The van der Waals surface area contributed by atoms with Gasteiger partial charge in [0.15, 0.2) is 0 Å². The lowest BCUT2D eigenvalue weighted by molar-refractivity contribution is -0.137. The van der Waals surface area contributed by atoms with E-state index >= 15 is 0 Å². The Morgan fingerprint density at radius 2 is 1.33 bits per heavy atom. The second-order valence-corrected chi connectivity index (χ2v) is 4.71. The average Bonchev–Trinajstić information content (AvgIpc) is 2.80. The van der Waals surface area contributed by atoms with Crippen LogP contribution in [-0.4, -0.2) is 62.9 Å². The third-order valence-electron chi connectivity index (χ3n) is 3.00. The van der Waals surface area contributed by atoms with Crippen molar-refractivity contribution < 1.29 is 23.8 Å². The molecule has 0 aromatic rings. The predicted octanol–water partition coefficient (Wildman–Crippen LogP) is 1.15. The van der Waals surface area contributed by atoms with Crippen molar-refractivity contribution in [3.05, 3.63) is 12.2 Å². The molecule has 0 aliphatic carbocycles. The molecule has 21 heavy (non-hydrogen) atoms. The Labute approximate surface area is 126 Å². The number of rotatable bonds is 13. The molecule has 0 bridgehead atoms. The summed E-state index contributed by atoms with van der Waals surface area (Å²) in [4.78, 5) is 23.6. The molecule has 0 saturated carbocycles. The molecule has 6 nitrogen and oxygen atoms in total. The first kappa shape index (κ1) is 17.8. The number of hydrogen-bond acceptors (Lipinski definition) is 5. The fourth-order valence-corrected chi connectivity index (χ4v) is 1.80. The Bertz CT molecular complexity index is 325. The molecule has 6 heteroatoms. The maximum atomic E-state index is 11.2. The minimum Gasteiger partial charge on any atom is -0.379 e. The molecule has 0 aromatic carbocycles. The van der Waals surface area contributed by atoms with Crippen LogP contribution in [0.3, 0.4) is 0 Å². The van der Waals surface area contributed by atoms with Gasteiger partial charge in [-0.1, -0.05) is 19.8 Å². The Morgan fingerprint density at radius 3 is 1.90 bits per heavy atom. The van der Waals surface area contributed by atoms with Crippen molar-refractivity contribution in [1.82, 2.24) is 4.90 Å². The Kier molecular flexibility index (Phi) is 9.69. The van der Waals surface area contributed by atoms with Gasteiger partial charge in [-0.15, -0.1) is 0 Å². The normalized spacial score (nSPS) is 14.4. The first-order valence-electron chi connectivity index (χ1n) is 7.52. The minimum absolute atomic E-state index is 0.278. The molecular formula is C15H25NO5. The quantitative estimate of drug-likeness (QED) is 0.377. The molecule has 1 heterocycles. The van der Waals surface area contributed by atoms with Crippen LogP contribution in [0.1, 0.15) is 26.2 Å². The van der Waals surface area contributed by atoms with E-state index in [0.717, 1.165) is 17.9 Å². The van der Waals surface area contributed by atoms with E-state index < -0.39 is 0 Å². The van der Waals surface area contributed by atoms with Gasteiger partial charge in [-0.3, -0.25) is 14.5 Å². The number of amides is 2. The summed E-state index contributed by atoms with van der Waals surface area (Å²) in [5.74, 6) is -0.555. The summed E-state index contributed by atoms with van der Waals surface area (Å²) in [6, 6.07) is 0. The standard InChI is InChI=1S/C15H25NO5/c1-2-3-4-8-19-10-12-21-13-11-20-9-7-16-14(17)5-6-15(16)18/h5-6H,2-4,7-13H2,1H3. The van der Waals surface area contributed by atoms with Gasteiger partial charge in [0.05, 0.1) is 39.6 Å². The molecule has 0 N–H and O–H groups in total. The van der Waals surface area contributed by atoms with Crippen LogP contribution in [0, 0.1) is 0 Å². The summed E-state index contributed by atoms with van der Waals surface area (Å²) < 4.78 is 16.1. The fraction of sp³-hybridized carbons (Fsp3) is 0.733. The topological polar surface area (TPSA) is 65.1 Å². The van der Waals surface area contributed by atoms with Crippen LogP contribution in [-0.2, 0) is 23.8 Å². The summed E-state index contributed by atoms with van der Waals surface area (Å²) in [5.41, 5.74) is 0. The number of carbonyl (C=O) groups is 2. The summed E-state index contributed by atoms with van der Waals surface area (Å²) in [6.45, 7) is 5.66. The zero-order valence-corrected chi connectivity index (χ0v) is 12.7. The van der Waals surface area contributed by atoms with Crippen molar-refractivity contribution in [1.29, 1.82) is 0 Å². The molecule has 0 radical (unpaired) electrons. The van der Waals surface area contributed by atoms with Crippen molar-refractivity contribution in [2.24, 2.45) is 0 Å². The van der Waals surface area contributed by atoms with Crippen LogP contribution in [0.5, 0.6) is 0 Å². The molecule has 0 unspecified atom stereocenters. The summed E-state index contributed by atoms with van der Waals surface area (Å²) in [6.07, 6.45) is 6.04. The highest BCUT2D eigenvalue weighted by Crippen LogP contribution is 2.02. The molecule has 1 aliphatic rings. The van der Waals surface area contributed by atoms with E-state index in [1.54, 1.807) is 0 Å². The van der Waals surface area contributed by atoms with Crippen LogP contribution in [0.15, 0.2) is 12.2 Å². The van der Waals surface area contributed by atoms with E-state index in [1.165, 1.54) is 25.0 Å². The Hall–Kier alpha value is -1.24. The van der Waals surface area contributed by atoms with Gasteiger partial charge in [-0.25, -0.2) is 0 Å². The number of ether oxygens (including phenoxy) is 3. The summed E-state index contributed by atoms with van der Waals surface area (Å²) in [7, 11) is 0. The predicted molar refractivity (Wildman–Crippen MR) is 77.8 cm³/mol. The monoisotopic (exact) mass is 299 g/mol. The molecule has 2 amide bonds. The highest BCUT2D eigenvalue weighted by molar-refractivity contribution is 6.12. The van der Waals surface area contributed by atoms with E-state index in [1.807, 2.05) is 0 Å². The van der Waals surface area contributed by atoms with E-state index in [2.05, 4.69) is 6.92 Å². The summed E-state index contributed by atoms with van der Waals surface area (Å²) >= 11 is 0. The van der Waals surface area contributed by atoms with Gasteiger partial charge >= 0.3 is 0 Å². The smallest absolute Gasteiger partial charge is 0.253 e. The van der Waals surface area contributed by atoms with Crippen molar-refractivity contribution in [3.63, 3.8) is 0 Å². The van der Waals surface area contributed by atoms with Crippen molar-refractivity contribution >= 4 is 11.8 Å². The van der Waals surface area contributed by atoms with Crippen molar-refractivity contribution in [2.75, 3.05) is 46.2 Å². The highest BCUT2D eigenvalue weighted by atomic mass is 16.5. The maximum Gasteiger partial charge on any atom is 0.253 e. The van der Waals surface area contributed by atoms with Gasteiger partial charge in [0.1, 0.15) is 0 Å². The van der Waals surface area contributed by atoms with Gasteiger partial charge < -0.3 is 14.2 Å². The van der Waals surface area contributed by atoms with Gasteiger partial charge in [0.2, 0.25) is 0 Å². The largest absolute Gasteiger partial charge is 0.379 e. The van der Waals surface area contributed by atoms with Crippen molar-refractivity contribution in [3.8, 4) is 0 Å². The lowest BCUT2D eigenvalue weighted by Gasteiger charge is -2.13. The molecule has 120 valence electrons. The second kappa shape index (κ2) is 11.4. The van der Waals surface area contributed by atoms with E-state index in [0.29, 0.717) is 33.0 Å². The first-order chi connectivity index (χ1) is 10.3. The first-order valence-corrected chi connectivity index (χ1v) is 7.52. The number of hydrogen-bond donors (Lipinski definition) is 0. The van der Waals surface area contributed by atoms with Gasteiger partial charge in [0, 0.05) is 18.8 Å². The fourth-order valence-electron chi connectivity index (χ4n) is 1.80. The molecule has 0 aromatic heterocycles. The second-order valence-electron chi connectivity index (χ2n) is 4.71. The van der Waals surface area contributed by atoms with Crippen molar-refractivity contribution in [2.45, 2.75) is 26.2 Å². The lowest BCUT2D eigenvalue weighted by atomic mass is 10.3. The number of unbranched alkanes of at least 4 members (excludes halogenated alkanes) is 2. The van der Waals surface area contributed by atoms with Gasteiger partial charge in [-0.05, 0) is 6.42 Å². The zero-order valence-electron chi connectivity index (χ0n) is 12.7. The molecule has 1 aliphatic heterocycles. The van der Waals surface area contributed by atoms with Gasteiger partial charge in [0.25, 0.3) is 11.8 Å². The molecule has 0 fully saturated rings. The zero-order chi connectivity index (χ0) is 15.3. The average molecular weight is 299 g/mol. The third kappa shape index (κ3) is 7.94. The van der Waals surface area contributed by atoms with Crippen LogP contribution < -0.4 is 0 Å². The highest BCUT2D eigenvalue weighted by Gasteiger charge is 2.22. The third-order valence-corrected chi connectivity index (χ3v) is 3.00. The van der Waals surface area contributed by atoms with E-state index in [9.17, 15) is 9.59 Å². The summed E-state index contributed by atoms with van der Waals surface area (Å²) in [5, 5.41) is 0. The lowest BCUT2D eigenvalue weighted by Crippen LogP contribution is -2.33. The Balaban J connectivity index is 1.81. The number of imide groups is 1. The minimum atomic E-state index is -0.278. The molecule has 0 saturated heterocycles. The van der Waals surface area contributed by atoms with Crippen LogP contribution in [0.4, 0.5) is 0 Å². The molecule has 0 atom stereocenters. The SMILES string of the molecule is CCCCCOCCOCCOCCN1C(=O)C=CC1=O. The van der Waals surface area contributed by atoms with Gasteiger partial charge in [-0.2, -0.15) is 0 Å². The van der Waals surface area contributed by atoms with Crippen LogP contribution in [0.25, 0.3) is 0 Å². The molecular weight excluding hydrogens is 274 g/mol. The maximum absolute atomic E-state index is 11.2. The van der Waals surface area contributed by atoms with E-state index in [4.69, 9.17) is 14.2 Å².